The molecular weight excluding hydrogens is 398 g/mol. The fraction of sp³-hybridized carbons (Fsp3) is 0.273. The SMILES string of the molecule is O=C(Cc1ccc2c(c1)OCO2)N1CCCN1C(=O)Cn1ccc(-c2ccncc2)n1. The van der Waals surface area contributed by atoms with Crippen molar-refractivity contribution in [2.24, 2.45) is 0 Å². The first-order valence-electron chi connectivity index (χ1n) is 10.1. The molecule has 3 aromatic rings. The van der Waals surface area contributed by atoms with Gasteiger partial charge in [0, 0.05) is 37.2 Å². The van der Waals surface area contributed by atoms with Crippen molar-refractivity contribution < 1.29 is 19.1 Å². The van der Waals surface area contributed by atoms with Gasteiger partial charge in [-0.1, -0.05) is 6.07 Å². The van der Waals surface area contributed by atoms with Crippen molar-refractivity contribution in [2.45, 2.75) is 19.4 Å². The number of benzene rings is 1. The fourth-order valence-electron chi connectivity index (χ4n) is 3.79. The summed E-state index contributed by atoms with van der Waals surface area (Å²) in [6.07, 6.45) is 6.11. The Morgan fingerprint density at radius 2 is 1.71 bits per heavy atom. The maximum absolute atomic E-state index is 12.9. The second-order valence-corrected chi connectivity index (χ2v) is 7.39. The number of pyridine rings is 1. The zero-order valence-electron chi connectivity index (χ0n) is 16.8. The monoisotopic (exact) mass is 419 g/mol. The van der Waals surface area contributed by atoms with Crippen molar-refractivity contribution in [2.75, 3.05) is 19.9 Å². The van der Waals surface area contributed by atoms with E-state index in [1.54, 1.807) is 34.3 Å². The lowest BCUT2D eigenvalue weighted by Crippen LogP contribution is -2.46. The van der Waals surface area contributed by atoms with Crippen LogP contribution in [0.4, 0.5) is 0 Å². The van der Waals surface area contributed by atoms with E-state index in [4.69, 9.17) is 9.47 Å². The molecule has 2 aromatic heterocycles. The lowest BCUT2D eigenvalue weighted by Gasteiger charge is -2.28. The maximum atomic E-state index is 12.9. The molecule has 31 heavy (non-hydrogen) atoms. The fourth-order valence-corrected chi connectivity index (χ4v) is 3.79. The third-order valence-corrected chi connectivity index (χ3v) is 5.31. The highest BCUT2D eigenvalue weighted by Crippen LogP contribution is 2.32. The Morgan fingerprint density at radius 3 is 2.55 bits per heavy atom. The van der Waals surface area contributed by atoms with Crippen molar-refractivity contribution in [3.8, 4) is 22.8 Å². The highest BCUT2D eigenvalue weighted by molar-refractivity contribution is 5.84. The standard InChI is InChI=1S/C22H21N5O4/c28-21(13-16-2-3-19-20(12-16)31-15-30-19)26-9-1-10-27(26)22(29)14-25-11-6-18(24-25)17-4-7-23-8-5-17/h2-8,11-12H,1,9-10,13-15H2. The van der Waals surface area contributed by atoms with Gasteiger partial charge in [0.25, 0.3) is 5.91 Å². The number of aromatic nitrogens is 3. The van der Waals surface area contributed by atoms with Gasteiger partial charge in [0.05, 0.1) is 12.1 Å². The Balaban J connectivity index is 1.24. The normalized spacial score (nSPS) is 14.8. The number of amides is 2. The molecule has 0 spiro atoms. The number of hydrazine groups is 1. The summed E-state index contributed by atoms with van der Waals surface area (Å²) in [5.74, 6) is 1.03. The summed E-state index contributed by atoms with van der Waals surface area (Å²) in [5, 5.41) is 7.55. The van der Waals surface area contributed by atoms with E-state index in [0.29, 0.717) is 24.6 Å². The molecule has 1 fully saturated rings. The number of fused-ring (bicyclic) bond motifs is 1. The van der Waals surface area contributed by atoms with E-state index in [1.807, 2.05) is 30.3 Å². The highest BCUT2D eigenvalue weighted by atomic mass is 16.7. The van der Waals surface area contributed by atoms with E-state index >= 15 is 0 Å². The molecule has 1 aromatic carbocycles. The van der Waals surface area contributed by atoms with E-state index in [-0.39, 0.29) is 31.6 Å². The van der Waals surface area contributed by atoms with Gasteiger partial charge in [0.15, 0.2) is 11.5 Å². The minimum atomic E-state index is -0.166. The number of nitrogens with zero attached hydrogens (tertiary/aromatic N) is 5. The first-order chi connectivity index (χ1) is 15.2. The Bertz CT molecular complexity index is 1110. The Morgan fingerprint density at radius 1 is 0.935 bits per heavy atom. The highest BCUT2D eigenvalue weighted by Gasteiger charge is 2.31. The zero-order valence-corrected chi connectivity index (χ0v) is 16.8. The van der Waals surface area contributed by atoms with Crippen LogP contribution in [0.5, 0.6) is 11.5 Å². The smallest absolute Gasteiger partial charge is 0.262 e. The van der Waals surface area contributed by atoms with Gasteiger partial charge >= 0.3 is 0 Å². The molecule has 2 aliphatic heterocycles. The summed E-state index contributed by atoms with van der Waals surface area (Å²) < 4.78 is 12.3. The molecule has 0 radical (unpaired) electrons. The predicted octanol–water partition coefficient (Wildman–Crippen LogP) is 1.89. The first-order valence-corrected chi connectivity index (χ1v) is 10.1. The van der Waals surface area contributed by atoms with Crippen molar-refractivity contribution in [3.05, 3.63) is 60.6 Å². The average molecular weight is 419 g/mol. The van der Waals surface area contributed by atoms with Crippen LogP contribution in [-0.4, -0.2) is 56.5 Å². The number of carbonyl (C=O) groups excluding carboxylic acids is 2. The third kappa shape index (κ3) is 3.94. The van der Waals surface area contributed by atoms with Crippen LogP contribution in [0, 0.1) is 0 Å². The van der Waals surface area contributed by atoms with Crippen LogP contribution < -0.4 is 9.47 Å². The van der Waals surface area contributed by atoms with Crippen molar-refractivity contribution in [1.82, 2.24) is 24.8 Å². The third-order valence-electron chi connectivity index (χ3n) is 5.31. The van der Waals surface area contributed by atoms with Gasteiger partial charge in [-0.25, -0.2) is 5.01 Å². The lowest BCUT2D eigenvalue weighted by atomic mass is 10.1. The van der Waals surface area contributed by atoms with Crippen LogP contribution >= 0.6 is 0 Å². The molecule has 0 N–H and O–H groups in total. The summed E-state index contributed by atoms with van der Waals surface area (Å²) >= 11 is 0. The van der Waals surface area contributed by atoms with Gasteiger partial charge in [-0.05, 0) is 42.3 Å². The Kier molecular flexibility index (Phi) is 4.99. The molecule has 2 aliphatic rings. The van der Waals surface area contributed by atoms with Gasteiger partial charge in [-0.15, -0.1) is 0 Å². The van der Waals surface area contributed by atoms with Crippen molar-refractivity contribution in [3.63, 3.8) is 0 Å². The van der Waals surface area contributed by atoms with Crippen LogP contribution in [-0.2, 0) is 22.6 Å². The van der Waals surface area contributed by atoms with E-state index in [0.717, 1.165) is 23.2 Å². The molecule has 0 bridgehead atoms. The second kappa shape index (κ2) is 8.10. The molecular formula is C22H21N5O4. The number of carbonyl (C=O) groups is 2. The van der Waals surface area contributed by atoms with E-state index in [9.17, 15) is 9.59 Å². The Hall–Kier alpha value is -3.88. The minimum absolute atomic E-state index is 0.0683. The van der Waals surface area contributed by atoms with Gasteiger partial charge in [0.2, 0.25) is 12.7 Å². The van der Waals surface area contributed by atoms with Crippen LogP contribution in [0.2, 0.25) is 0 Å². The molecule has 1 saturated heterocycles. The molecule has 9 nitrogen and oxygen atoms in total. The molecule has 0 aliphatic carbocycles. The van der Waals surface area contributed by atoms with E-state index < -0.39 is 0 Å². The summed E-state index contributed by atoms with van der Waals surface area (Å²) in [4.78, 5) is 29.8. The summed E-state index contributed by atoms with van der Waals surface area (Å²) in [6, 6.07) is 11.0. The maximum Gasteiger partial charge on any atom is 0.262 e. The minimum Gasteiger partial charge on any atom is -0.454 e. The van der Waals surface area contributed by atoms with Crippen LogP contribution in [0.25, 0.3) is 11.3 Å². The Labute approximate surface area is 178 Å². The second-order valence-electron chi connectivity index (χ2n) is 7.39. The van der Waals surface area contributed by atoms with Crippen LogP contribution in [0.15, 0.2) is 55.0 Å². The van der Waals surface area contributed by atoms with Crippen molar-refractivity contribution in [1.29, 1.82) is 0 Å². The lowest BCUT2D eigenvalue weighted by molar-refractivity contribution is -0.158. The van der Waals surface area contributed by atoms with Gasteiger partial charge in [-0.2, -0.15) is 5.10 Å². The summed E-state index contributed by atoms with van der Waals surface area (Å²) in [5.41, 5.74) is 2.53. The zero-order chi connectivity index (χ0) is 21.2. The predicted molar refractivity (Wildman–Crippen MR) is 110 cm³/mol. The van der Waals surface area contributed by atoms with E-state index in [1.165, 1.54) is 5.01 Å². The summed E-state index contributed by atoms with van der Waals surface area (Å²) in [6.45, 7) is 1.30. The topological polar surface area (TPSA) is 89.8 Å². The van der Waals surface area contributed by atoms with Crippen LogP contribution in [0.1, 0.15) is 12.0 Å². The number of hydrogen-bond acceptors (Lipinski definition) is 6. The largest absolute Gasteiger partial charge is 0.454 e. The molecule has 2 amide bonds. The molecule has 0 unspecified atom stereocenters. The quantitative estimate of drug-likeness (QED) is 0.628. The molecule has 158 valence electrons. The molecule has 9 heteroatoms. The first kappa shape index (κ1) is 19.1. The van der Waals surface area contributed by atoms with Crippen molar-refractivity contribution >= 4 is 11.8 Å². The molecule has 4 heterocycles. The van der Waals surface area contributed by atoms with Gasteiger partial charge < -0.3 is 9.47 Å². The van der Waals surface area contributed by atoms with Gasteiger partial charge in [0.1, 0.15) is 6.54 Å². The average Bonchev–Trinajstić information content (AvgIpc) is 3.54. The molecule has 5 rings (SSSR count). The number of ether oxygens (including phenoxy) is 2. The van der Waals surface area contributed by atoms with Gasteiger partial charge in [-0.3, -0.25) is 24.3 Å². The molecule has 0 saturated carbocycles. The number of rotatable bonds is 5. The van der Waals surface area contributed by atoms with E-state index in [2.05, 4.69) is 10.1 Å². The van der Waals surface area contributed by atoms with Crippen LogP contribution in [0.3, 0.4) is 0 Å². The molecule has 0 atom stereocenters. The number of hydrogen-bond donors (Lipinski definition) is 0. The summed E-state index contributed by atoms with van der Waals surface area (Å²) in [7, 11) is 0.